The Kier molecular flexibility index (Phi) is 10.1. The normalized spacial score (nSPS) is 23.7. The Bertz CT molecular complexity index is 1050. The van der Waals surface area contributed by atoms with Crippen LogP contribution in [-0.2, 0) is 43.5 Å². The van der Waals surface area contributed by atoms with Crippen molar-refractivity contribution in [1.82, 2.24) is 0 Å². The largest absolute Gasteiger partial charge is 0.394 e. The van der Waals surface area contributed by atoms with Crippen LogP contribution in [0.15, 0.2) is 91.0 Å². The molecule has 3 aromatic carbocycles. The Morgan fingerprint density at radius 2 is 1.08 bits per heavy atom. The van der Waals surface area contributed by atoms with Crippen molar-refractivity contribution in [3.05, 3.63) is 108 Å². The van der Waals surface area contributed by atoms with Gasteiger partial charge in [-0.25, -0.2) is 0 Å². The van der Waals surface area contributed by atoms with Gasteiger partial charge in [0.15, 0.2) is 6.29 Å². The predicted molar refractivity (Wildman–Crippen MR) is 136 cm³/mol. The quantitative estimate of drug-likeness (QED) is 0.387. The van der Waals surface area contributed by atoms with Crippen molar-refractivity contribution in [2.45, 2.75) is 50.5 Å². The molecular formula is C30H32O6. The molecule has 5 atom stereocenters. The van der Waals surface area contributed by atoms with E-state index in [2.05, 4.69) is 5.92 Å². The minimum atomic E-state index is -0.834. The Morgan fingerprint density at radius 1 is 0.639 bits per heavy atom. The van der Waals surface area contributed by atoms with Crippen molar-refractivity contribution in [3.63, 3.8) is 0 Å². The molecule has 188 valence electrons. The molecule has 4 rings (SSSR count). The first-order chi connectivity index (χ1) is 17.8. The van der Waals surface area contributed by atoms with Gasteiger partial charge in [0.2, 0.25) is 0 Å². The number of hydrogen-bond acceptors (Lipinski definition) is 6. The lowest BCUT2D eigenvalue weighted by Crippen LogP contribution is -2.61. The first-order valence-electron chi connectivity index (χ1n) is 12.1. The molecule has 1 unspecified atom stereocenters. The summed E-state index contributed by atoms with van der Waals surface area (Å²) in [6.45, 7) is 0.756. The highest BCUT2D eigenvalue weighted by atomic mass is 16.7. The lowest BCUT2D eigenvalue weighted by Gasteiger charge is -2.45. The molecule has 0 radical (unpaired) electrons. The zero-order valence-corrected chi connectivity index (χ0v) is 20.1. The maximum Gasteiger partial charge on any atom is 0.188 e. The predicted octanol–water partition coefficient (Wildman–Crippen LogP) is 4.11. The van der Waals surface area contributed by atoms with Gasteiger partial charge in [-0.05, 0) is 16.7 Å². The molecule has 0 aliphatic carbocycles. The second kappa shape index (κ2) is 13.9. The SMILES string of the molecule is C#CCOC1O[C@H](CO)[C@@H](OCc2ccccc2)[C@H](OCc2ccccc2)[C@H]1OCc1ccccc1. The van der Waals surface area contributed by atoms with Gasteiger partial charge in [0, 0.05) is 0 Å². The van der Waals surface area contributed by atoms with Crippen LogP contribution >= 0.6 is 0 Å². The van der Waals surface area contributed by atoms with Gasteiger partial charge in [-0.2, -0.15) is 0 Å². The molecule has 3 aromatic rings. The van der Waals surface area contributed by atoms with E-state index in [0.717, 1.165) is 16.7 Å². The third-order valence-corrected chi connectivity index (χ3v) is 5.96. The molecule has 1 aliphatic rings. The Labute approximate surface area is 212 Å². The number of rotatable bonds is 12. The third-order valence-electron chi connectivity index (χ3n) is 5.96. The minimum Gasteiger partial charge on any atom is -0.394 e. The van der Waals surface area contributed by atoms with Gasteiger partial charge in [-0.15, -0.1) is 6.42 Å². The second-order valence-corrected chi connectivity index (χ2v) is 8.52. The van der Waals surface area contributed by atoms with Crippen LogP contribution in [0.1, 0.15) is 16.7 Å². The molecule has 0 saturated carbocycles. The lowest BCUT2D eigenvalue weighted by molar-refractivity contribution is -0.324. The van der Waals surface area contributed by atoms with Crippen LogP contribution in [0.4, 0.5) is 0 Å². The molecule has 0 spiro atoms. The highest BCUT2D eigenvalue weighted by Gasteiger charge is 2.48. The fourth-order valence-corrected chi connectivity index (χ4v) is 4.16. The van der Waals surface area contributed by atoms with Crippen LogP contribution in [-0.4, -0.2) is 49.0 Å². The molecule has 1 N–H and O–H groups in total. The van der Waals surface area contributed by atoms with Crippen LogP contribution in [0.5, 0.6) is 0 Å². The van der Waals surface area contributed by atoms with Gasteiger partial charge in [0.1, 0.15) is 31.0 Å². The summed E-state index contributed by atoms with van der Waals surface area (Å²) in [4.78, 5) is 0. The van der Waals surface area contributed by atoms with Crippen LogP contribution in [0.3, 0.4) is 0 Å². The summed E-state index contributed by atoms with van der Waals surface area (Å²) in [7, 11) is 0. The van der Waals surface area contributed by atoms with Gasteiger partial charge in [-0.1, -0.05) is 96.9 Å². The average Bonchev–Trinajstić information content (AvgIpc) is 2.94. The van der Waals surface area contributed by atoms with Crippen LogP contribution in [0, 0.1) is 12.3 Å². The molecule has 1 fully saturated rings. The molecule has 1 aliphatic heterocycles. The van der Waals surface area contributed by atoms with E-state index in [9.17, 15) is 5.11 Å². The van der Waals surface area contributed by atoms with E-state index in [4.69, 9.17) is 30.1 Å². The molecule has 1 heterocycles. The lowest BCUT2D eigenvalue weighted by atomic mass is 9.98. The van der Waals surface area contributed by atoms with Gasteiger partial charge < -0.3 is 28.8 Å². The summed E-state index contributed by atoms with van der Waals surface area (Å²) in [5.74, 6) is 2.48. The Balaban J connectivity index is 1.59. The molecule has 1 saturated heterocycles. The maximum atomic E-state index is 10.2. The van der Waals surface area contributed by atoms with E-state index in [1.807, 2.05) is 91.0 Å². The number of hydrogen-bond donors (Lipinski definition) is 1. The average molecular weight is 489 g/mol. The third kappa shape index (κ3) is 7.25. The summed E-state index contributed by atoms with van der Waals surface area (Å²) in [5.41, 5.74) is 3.01. The van der Waals surface area contributed by atoms with Crippen LogP contribution < -0.4 is 0 Å². The first-order valence-corrected chi connectivity index (χ1v) is 12.1. The van der Waals surface area contributed by atoms with Crippen molar-refractivity contribution >= 4 is 0 Å². The van der Waals surface area contributed by atoms with Gasteiger partial charge in [-0.3, -0.25) is 0 Å². The second-order valence-electron chi connectivity index (χ2n) is 8.52. The standard InChI is InChI=1S/C30H32O6/c1-2-18-32-30-29(35-22-25-16-10-5-11-17-25)28(34-21-24-14-8-4-9-15-24)27(26(19-31)36-30)33-20-23-12-6-3-7-13-23/h1,3-17,26-31H,18-22H2/t26-,27-,28+,29-,30?/m1/s1. The van der Waals surface area contributed by atoms with E-state index in [1.165, 1.54) is 0 Å². The summed E-state index contributed by atoms with van der Waals surface area (Å²) in [6, 6.07) is 29.6. The van der Waals surface area contributed by atoms with E-state index in [1.54, 1.807) is 0 Å². The molecule has 0 bridgehead atoms. The van der Waals surface area contributed by atoms with Crippen molar-refractivity contribution in [1.29, 1.82) is 0 Å². The minimum absolute atomic E-state index is 0.0367. The summed E-state index contributed by atoms with van der Waals surface area (Å²) in [5, 5.41) is 10.2. The van der Waals surface area contributed by atoms with Crippen molar-refractivity contribution in [2.24, 2.45) is 0 Å². The van der Waals surface area contributed by atoms with Crippen LogP contribution in [0.2, 0.25) is 0 Å². The van der Waals surface area contributed by atoms with Crippen molar-refractivity contribution in [2.75, 3.05) is 13.2 Å². The maximum absolute atomic E-state index is 10.2. The van der Waals surface area contributed by atoms with Crippen LogP contribution in [0.25, 0.3) is 0 Å². The van der Waals surface area contributed by atoms with E-state index < -0.39 is 30.7 Å². The Hall–Kier alpha value is -3.02. The summed E-state index contributed by atoms with van der Waals surface area (Å²) >= 11 is 0. The smallest absolute Gasteiger partial charge is 0.188 e. The molecule has 36 heavy (non-hydrogen) atoms. The molecular weight excluding hydrogens is 456 g/mol. The zero-order chi connectivity index (χ0) is 25.0. The fourth-order valence-electron chi connectivity index (χ4n) is 4.16. The number of ether oxygens (including phenoxy) is 5. The molecule has 0 aromatic heterocycles. The molecule has 0 amide bonds. The number of terminal acetylenes is 1. The highest BCUT2D eigenvalue weighted by Crippen LogP contribution is 2.31. The summed E-state index contributed by atoms with van der Waals surface area (Å²) in [6.07, 6.45) is 2.09. The van der Waals surface area contributed by atoms with E-state index >= 15 is 0 Å². The monoisotopic (exact) mass is 488 g/mol. The van der Waals surface area contributed by atoms with Gasteiger partial charge >= 0.3 is 0 Å². The first kappa shape index (κ1) is 26.1. The number of aliphatic hydroxyl groups excluding tert-OH is 1. The van der Waals surface area contributed by atoms with Gasteiger partial charge in [0.25, 0.3) is 0 Å². The van der Waals surface area contributed by atoms with Gasteiger partial charge in [0.05, 0.1) is 26.4 Å². The summed E-state index contributed by atoms with van der Waals surface area (Å²) < 4.78 is 31.1. The number of benzene rings is 3. The molecule has 6 nitrogen and oxygen atoms in total. The number of aliphatic hydroxyl groups is 1. The zero-order valence-electron chi connectivity index (χ0n) is 20.1. The molecule has 6 heteroatoms. The Morgan fingerprint density at radius 3 is 1.53 bits per heavy atom. The highest BCUT2D eigenvalue weighted by molar-refractivity contribution is 5.15. The van der Waals surface area contributed by atoms with Crippen molar-refractivity contribution in [3.8, 4) is 12.3 Å². The topological polar surface area (TPSA) is 66.4 Å². The fraction of sp³-hybridized carbons (Fsp3) is 0.333. The van der Waals surface area contributed by atoms with Crippen molar-refractivity contribution < 1.29 is 28.8 Å². The van der Waals surface area contributed by atoms with E-state index in [0.29, 0.717) is 19.8 Å². The van der Waals surface area contributed by atoms with E-state index in [-0.39, 0.29) is 13.2 Å².